The van der Waals surface area contributed by atoms with Crippen LogP contribution in [0.3, 0.4) is 0 Å². The molecule has 0 fully saturated rings. The van der Waals surface area contributed by atoms with Crippen LogP contribution < -0.4 is 16.4 Å². The van der Waals surface area contributed by atoms with E-state index in [1.54, 1.807) is 42.9 Å². The zero-order valence-corrected chi connectivity index (χ0v) is 16.1. The smallest absolute Gasteiger partial charge is 0.344 e. The zero-order chi connectivity index (χ0) is 21.1. The molecule has 0 aliphatic heterocycles. The standard InChI is InChI=1S/C20H20N4O5/c1-12-16(19(27)24(23(12)3)14-8-5-4-6-9-14)22-17(25)13(2)29-20(28)15-10-7-11-21-18(15)26/h4-11,13H,1-3H3,(H,21,26)(H,22,25). The van der Waals surface area contributed by atoms with Crippen molar-refractivity contribution in [2.24, 2.45) is 7.05 Å². The van der Waals surface area contributed by atoms with Gasteiger partial charge in [-0.3, -0.25) is 19.1 Å². The normalized spacial score (nSPS) is 11.7. The summed E-state index contributed by atoms with van der Waals surface area (Å²) in [4.78, 5) is 51.5. The van der Waals surface area contributed by atoms with Crippen molar-refractivity contribution in [2.45, 2.75) is 20.0 Å². The minimum absolute atomic E-state index is 0.0850. The van der Waals surface area contributed by atoms with Crippen molar-refractivity contribution in [2.75, 3.05) is 5.32 Å². The van der Waals surface area contributed by atoms with E-state index >= 15 is 0 Å². The van der Waals surface area contributed by atoms with Gasteiger partial charge in [-0.15, -0.1) is 0 Å². The van der Waals surface area contributed by atoms with Crippen LogP contribution >= 0.6 is 0 Å². The number of amides is 1. The highest BCUT2D eigenvalue weighted by atomic mass is 16.5. The molecule has 1 aromatic carbocycles. The largest absolute Gasteiger partial charge is 0.449 e. The number of H-pyrrole nitrogens is 1. The third kappa shape index (κ3) is 3.88. The molecular formula is C20H20N4O5. The van der Waals surface area contributed by atoms with Crippen molar-refractivity contribution in [3.05, 3.63) is 80.6 Å². The van der Waals surface area contributed by atoms with E-state index in [0.717, 1.165) is 0 Å². The number of aromatic amines is 1. The van der Waals surface area contributed by atoms with Crippen LogP contribution in [0.4, 0.5) is 5.69 Å². The van der Waals surface area contributed by atoms with E-state index < -0.39 is 29.1 Å². The molecule has 0 aliphatic carbocycles. The van der Waals surface area contributed by atoms with Crippen molar-refractivity contribution < 1.29 is 14.3 Å². The summed E-state index contributed by atoms with van der Waals surface area (Å²) in [6, 6.07) is 11.8. The summed E-state index contributed by atoms with van der Waals surface area (Å²) >= 11 is 0. The number of para-hydroxylation sites is 1. The molecule has 0 saturated heterocycles. The van der Waals surface area contributed by atoms with Crippen LogP contribution in [0.15, 0.2) is 58.3 Å². The molecular weight excluding hydrogens is 376 g/mol. The number of carbonyl (C=O) groups is 2. The fourth-order valence-corrected chi connectivity index (χ4v) is 2.80. The van der Waals surface area contributed by atoms with Gasteiger partial charge >= 0.3 is 5.97 Å². The molecule has 2 heterocycles. The molecule has 150 valence electrons. The molecule has 2 N–H and O–H groups in total. The van der Waals surface area contributed by atoms with Gasteiger partial charge in [0.2, 0.25) is 0 Å². The summed E-state index contributed by atoms with van der Waals surface area (Å²) < 4.78 is 8.11. The highest BCUT2D eigenvalue weighted by Gasteiger charge is 2.24. The Morgan fingerprint density at radius 3 is 2.45 bits per heavy atom. The maximum atomic E-state index is 12.8. The first-order valence-corrected chi connectivity index (χ1v) is 8.85. The van der Waals surface area contributed by atoms with E-state index in [-0.39, 0.29) is 11.3 Å². The quantitative estimate of drug-likeness (QED) is 0.632. The summed E-state index contributed by atoms with van der Waals surface area (Å²) in [5, 5.41) is 2.52. The Labute approximate surface area is 165 Å². The van der Waals surface area contributed by atoms with Gasteiger partial charge in [-0.1, -0.05) is 18.2 Å². The molecule has 3 aromatic rings. The molecule has 0 bridgehead atoms. The van der Waals surface area contributed by atoms with Crippen LogP contribution in [0, 0.1) is 6.92 Å². The maximum Gasteiger partial charge on any atom is 0.344 e. The van der Waals surface area contributed by atoms with E-state index in [0.29, 0.717) is 11.4 Å². The third-order valence-electron chi connectivity index (χ3n) is 4.49. The van der Waals surface area contributed by atoms with E-state index in [4.69, 9.17) is 4.74 Å². The van der Waals surface area contributed by atoms with Crippen molar-refractivity contribution in [1.82, 2.24) is 14.3 Å². The number of aromatic nitrogens is 3. The van der Waals surface area contributed by atoms with Crippen LogP contribution in [-0.2, 0) is 16.6 Å². The molecule has 1 unspecified atom stereocenters. The Hall–Kier alpha value is -3.88. The van der Waals surface area contributed by atoms with Crippen molar-refractivity contribution in [3.63, 3.8) is 0 Å². The van der Waals surface area contributed by atoms with Gasteiger partial charge < -0.3 is 15.0 Å². The van der Waals surface area contributed by atoms with Crippen LogP contribution in [0.1, 0.15) is 23.0 Å². The third-order valence-corrected chi connectivity index (χ3v) is 4.49. The average Bonchev–Trinajstić information content (AvgIpc) is 2.92. The van der Waals surface area contributed by atoms with E-state index in [1.165, 1.54) is 29.9 Å². The first-order valence-electron chi connectivity index (χ1n) is 8.85. The van der Waals surface area contributed by atoms with E-state index in [9.17, 15) is 19.2 Å². The zero-order valence-electron chi connectivity index (χ0n) is 16.1. The molecule has 1 atom stereocenters. The Morgan fingerprint density at radius 2 is 1.79 bits per heavy atom. The number of ether oxygens (including phenoxy) is 1. The number of benzene rings is 1. The maximum absolute atomic E-state index is 12.8. The van der Waals surface area contributed by atoms with Gasteiger partial charge in [0.1, 0.15) is 11.3 Å². The van der Waals surface area contributed by atoms with Crippen molar-refractivity contribution >= 4 is 17.6 Å². The van der Waals surface area contributed by atoms with E-state index in [1.807, 2.05) is 6.07 Å². The molecule has 9 heteroatoms. The lowest BCUT2D eigenvalue weighted by molar-refractivity contribution is -0.123. The number of carbonyl (C=O) groups excluding carboxylic acids is 2. The van der Waals surface area contributed by atoms with Gasteiger partial charge in [-0.25, -0.2) is 9.48 Å². The Kier molecular flexibility index (Phi) is 5.49. The number of nitrogens with zero attached hydrogens (tertiary/aromatic N) is 2. The summed E-state index contributed by atoms with van der Waals surface area (Å²) in [5.74, 6) is -1.61. The molecule has 29 heavy (non-hydrogen) atoms. The lowest BCUT2D eigenvalue weighted by Gasteiger charge is -2.12. The van der Waals surface area contributed by atoms with Crippen molar-refractivity contribution in [1.29, 1.82) is 0 Å². The van der Waals surface area contributed by atoms with Gasteiger partial charge in [0.05, 0.1) is 11.4 Å². The van der Waals surface area contributed by atoms with Gasteiger partial charge in [0.15, 0.2) is 6.10 Å². The number of hydrogen-bond donors (Lipinski definition) is 2. The molecule has 1 amide bonds. The molecule has 0 aliphatic rings. The van der Waals surface area contributed by atoms with Gasteiger partial charge in [0.25, 0.3) is 17.0 Å². The summed E-state index contributed by atoms with van der Waals surface area (Å²) in [5.41, 5.74) is 0.0187. The van der Waals surface area contributed by atoms with Crippen LogP contribution in [0.5, 0.6) is 0 Å². The molecule has 0 saturated carbocycles. The minimum Gasteiger partial charge on any atom is -0.449 e. The SMILES string of the molecule is Cc1c(NC(=O)C(C)OC(=O)c2ccc[nH]c2=O)c(=O)n(-c2ccccc2)n1C. The van der Waals surface area contributed by atoms with E-state index in [2.05, 4.69) is 10.3 Å². The number of hydrogen-bond acceptors (Lipinski definition) is 5. The number of esters is 1. The number of nitrogens with one attached hydrogen (secondary N) is 2. The fraction of sp³-hybridized carbons (Fsp3) is 0.200. The highest BCUT2D eigenvalue weighted by molar-refractivity contribution is 5.97. The summed E-state index contributed by atoms with van der Waals surface area (Å²) in [7, 11) is 1.70. The fourth-order valence-electron chi connectivity index (χ4n) is 2.80. The topological polar surface area (TPSA) is 115 Å². The monoisotopic (exact) mass is 396 g/mol. The Morgan fingerprint density at radius 1 is 1.10 bits per heavy atom. The van der Waals surface area contributed by atoms with Crippen LogP contribution in [0.25, 0.3) is 5.69 Å². The predicted octanol–water partition coefficient (Wildman–Crippen LogP) is 1.36. The number of rotatable bonds is 5. The molecule has 0 spiro atoms. The molecule has 0 radical (unpaired) electrons. The summed E-state index contributed by atoms with van der Waals surface area (Å²) in [6.45, 7) is 3.05. The first-order chi connectivity index (χ1) is 13.8. The molecule has 3 rings (SSSR count). The highest BCUT2D eigenvalue weighted by Crippen LogP contribution is 2.14. The van der Waals surface area contributed by atoms with Crippen molar-refractivity contribution in [3.8, 4) is 5.69 Å². The average molecular weight is 396 g/mol. The Balaban J connectivity index is 1.81. The van der Waals surface area contributed by atoms with Crippen LogP contribution in [0.2, 0.25) is 0 Å². The second-order valence-electron chi connectivity index (χ2n) is 6.39. The lowest BCUT2D eigenvalue weighted by atomic mass is 10.3. The molecule has 2 aromatic heterocycles. The Bertz CT molecular complexity index is 1170. The first kappa shape index (κ1) is 19.9. The number of anilines is 1. The van der Waals surface area contributed by atoms with Gasteiger partial charge in [-0.05, 0) is 38.1 Å². The predicted molar refractivity (Wildman–Crippen MR) is 106 cm³/mol. The lowest BCUT2D eigenvalue weighted by Crippen LogP contribution is -2.33. The number of pyridine rings is 1. The van der Waals surface area contributed by atoms with Gasteiger partial charge in [-0.2, -0.15) is 0 Å². The molecule has 9 nitrogen and oxygen atoms in total. The second kappa shape index (κ2) is 8.01. The van der Waals surface area contributed by atoms with Gasteiger partial charge in [0, 0.05) is 13.2 Å². The van der Waals surface area contributed by atoms with Crippen LogP contribution in [-0.4, -0.2) is 32.3 Å². The summed E-state index contributed by atoms with van der Waals surface area (Å²) in [6.07, 6.45) is 0.164. The second-order valence-corrected chi connectivity index (χ2v) is 6.39. The minimum atomic E-state index is -1.22.